The smallest absolute Gasteiger partial charge is 0.173 e. The second kappa shape index (κ2) is 6.17. The largest absolute Gasteiger partial charge is 0.302 e. The topological polar surface area (TPSA) is 64.7 Å². The first-order valence-electron chi connectivity index (χ1n) is 5.25. The summed E-state index contributed by atoms with van der Waals surface area (Å²) < 4.78 is 0. The molecule has 0 aliphatic rings. The fourth-order valence-electron chi connectivity index (χ4n) is 1.54. The molecule has 0 fully saturated rings. The van der Waals surface area contributed by atoms with Crippen LogP contribution in [-0.2, 0) is 4.79 Å². The molecule has 17 heavy (non-hydrogen) atoms. The lowest BCUT2D eigenvalue weighted by molar-refractivity contribution is -0.111. The third-order valence-electron chi connectivity index (χ3n) is 2.55. The van der Waals surface area contributed by atoms with Crippen LogP contribution in [0.5, 0.6) is 0 Å². The summed E-state index contributed by atoms with van der Waals surface area (Å²) in [4.78, 5) is 11.0. The third-order valence-corrected chi connectivity index (χ3v) is 2.81. The molecule has 1 aromatic carbocycles. The van der Waals surface area contributed by atoms with Gasteiger partial charge >= 0.3 is 0 Å². The number of nitriles is 1. The minimum atomic E-state index is -0.248. The van der Waals surface area contributed by atoms with Gasteiger partial charge in [-0.2, -0.15) is 5.26 Å². The first kappa shape index (κ1) is 13.4. The molecule has 0 aliphatic heterocycles. The van der Waals surface area contributed by atoms with Crippen LogP contribution in [-0.4, -0.2) is 11.5 Å². The van der Waals surface area contributed by atoms with Gasteiger partial charge in [-0.3, -0.25) is 4.79 Å². The van der Waals surface area contributed by atoms with Crippen molar-refractivity contribution >= 4 is 23.1 Å². The third kappa shape index (κ3) is 4.01. The number of halogens is 1. The summed E-state index contributed by atoms with van der Waals surface area (Å²) in [7, 11) is 0. The van der Waals surface area contributed by atoms with Gasteiger partial charge in [-0.05, 0) is 17.7 Å². The monoisotopic (exact) mass is 248 g/mol. The Morgan fingerprint density at radius 1 is 1.47 bits per heavy atom. The molecule has 0 bridgehead atoms. The highest BCUT2D eigenvalue weighted by atomic mass is 35.5. The van der Waals surface area contributed by atoms with Crippen molar-refractivity contribution in [3.8, 4) is 6.07 Å². The van der Waals surface area contributed by atoms with Gasteiger partial charge < -0.3 is 5.41 Å². The Morgan fingerprint density at radius 3 is 2.53 bits per heavy atom. The summed E-state index contributed by atoms with van der Waals surface area (Å²) in [5, 5.41) is 17.0. The van der Waals surface area contributed by atoms with Gasteiger partial charge in [0.05, 0.1) is 11.8 Å². The van der Waals surface area contributed by atoms with E-state index in [4.69, 9.17) is 22.3 Å². The Hall–Kier alpha value is -1.66. The van der Waals surface area contributed by atoms with Crippen molar-refractivity contribution in [2.75, 3.05) is 0 Å². The Kier molecular flexibility index (Phi) is 4.86. The molecule has 4 heteroatoms. The van der Waals surface area contributed by atoms with E-state index in [1.54, 1.807) is 12.1 Å². The van der Waals surface area contributed by atoms with E-state index in [0.29, 0.717) is 11.4 Å². The van der Waals surface area contributed by atoms with E-state index in [1.165, 1.54) is 6.92 Å². The van der Waals surface area contributed by atoms with Crippen molar-refractivity contribution in [3.05, 3.63) is 34.9 Å². The number of carbonyl (C=O) groups excluding carboxylic acids is 1. The maximum absolute atomic E-state index is 11.0. The van der Waals surface area contributed by atoms with E-state index < -0.39 is 0 Å². The van der Waals surface area contributed by atoms with Crippen LogP contribution in [0.15, 0.2) is 24.3 Å². The van der Waals surface area contributed by atoms with Crippen LogP contribution in [0.4, 0.5) is 0 Å². The van der Waals surface area contributed by atoms with Gasteiger partial charge in [0.1, 0.15) is 0 Å². The van der Waals surface area contributed by atoms with Crippen molar-refractivity contribution in [3.63, 3.8) is 0 Å². The highest BCUT2D eigenvalue weighted by Gasteiger charge is 2.15. The van der Waals surface area contributed by atoms with E-state index in [2.05, 4.69) is 6.07 Å². The molecule has 0 aliphatic carbocycles. The lowest BCUT2D eigenvalue weighted by Gasteiger charge is -2.13. The molecule has 1 N–H and O–H groups in total. The van der Waals surface area contributed by atoms with Gasteiger partial charge in [-0.25, -0.2) is 0 Å². The van der Waals surface area contributed by atoms with Crippen LogP contribution in [0.25, 0.3) is 0 Å². The highest BCUT2D eigenvalue weighted by molar-refractivity contribution is 6.37. The lowest BCUT2D eigenvalue weighted by atomic mass is 9.90. The Morgan fingerprint density at radius 2 is 2.06 bits per heavy atom. The van der Waals surface area contributed by atoms with Crippen molar-refractivity contribution < 1.29 is 4.79 Å². The summed E-state index contributed by atoms with van der Waals surface area (Å²) in [6.45, 7) is 1.37. The molecule has 3 nitrogen and oxygen atoms in total. The fraction of sp³-hybridized carbons (Fsp3) is 0.308. The number of rotatable bonds is 5. The van der Waals surface area contributed by atoms with Gasteiger partial charge in [0.15, 0.2) is 5.78 Å². The second-order valence-corrected chi connectivity index (χ2v) is 4.29. The SMILES string of the molecule is CC(=O)C(=N)CC(CC#N)c1ccc(Cl)cc1. The maximum Gasteiger partial charge on any atom is 0.173 e. The fourth-order valence-corrected chi connectivity index (χ4v) is 1.67. The number of carbonyl (C=O) groups is 1. The molecular weight excluding hydrogens is 236 g/mol. The lowest BCUT2D eigenvalue weighted by Crippen LogP contribution is -2.13. The molecule has 88 valence electrons. The quantitative estimate of drug-likeness (QED) is 0.813. The molecular formula is C13H13ClN2O. The second-order valence-electron chi connectivity index (χ2n) is 3.85. The molecule has 1 atom stereocenters. The van der Waals surface area contributed by atoms with Gasteiger partial charge in [0, 0.05) is 30.7 Å². The predicted octanol–water partition coefficient (Wildman–Crippen LogP) is 3.34. The van der Waals surface area contributed by atoms with Gasteiger partial charge in [-0.15, -0.1) is 0 Å². The molecule has 1 rings (SSSR count). The zero-order valence-electron chi connectivity index (χ0n) is 9.53. The van der Waals surface area contributed by atoms with E-state index >= 15 is 0 Å². The van der Waals surface area contributed by atoms with Crippen molar-refractivity contribution in [1.29, 1.82) is 10.7 Å². The van der Waals surface area contributed by atoms with E-state index in [1.807, 2.05) is 12.1 Å². The summed E-state index contributed by atoms with van der Waals surface area (Å²) in [6.07, 6.45) is 0.585. The number of hydrogen-bond acceptors (Lipinski definition) is 3. The molecule has 0 radical (unpaired) electrons. The Bertz CT molecular complexity index is 459. The molecule has 0 saturated heterocycles. The molecule has 1 unspecified atom stereocenters. The summed E-state index contributed by atoms with van der Waals surface area (Å²) in [5.74, 6) is -0.365. The van der Waals surface area contributed by atoms with Crippen molar-refractivity contribution in [1.82, 2.24) is 0 Å². The number of nitrogens with zero attached hydrogens (tertiary/aromatic N) is 1. The van der Waals surface area contributed by atoms with Crippen LogP contribution in [0.3, 0.4) is 0 Å². The first-order valence-corrected chi connectivity index (χ1v) is 5.63. The molecule has 1 aromatic rings. The van der Waals surface area contributed by atoms with Gasteiger partial charge in [0.2, 0.25) is 0 Å². The molecule has 0 aromatic heterocycles. The summed E-state index contributed by atoms with van der Waals surface area (Å²) in [6, 6.07) is 9.24. The highest BCUT2D eigenvalue weighted by Crippen LogP contribution is 2.25. The van der Waals surface area contributed by atoms with Crippen LogP contribution < -0.4 is 0 Å². The van der Waals surface area contributed by atoms with Gasteiger partial charge in [0.25, 0.3) is 0 Å². The minimum absolute atomic E-state index is 0.0557. The van der Waals surface area contributed by atoms with Crippen molar-refractivity contribution in [2.45, 2.75) is 25.7 Å². The number of ketones is 1. The van der Waals surface area contributed by atoms with E-state index in [-0.39, 0.29) is 23.8 Å². The van der Waals surface area contributed by atoms with Crippen molar-refractivity contribution in [2.24, 2.45) is 0 Å². The predicted molar refractivity (Wildman–Crippen MR) is 67.4 cm³/mol. The maximum atomic E-state index is 11.0. The Labute approximate surface area is 106 Å². The normalized spacial score (nSPS) is 11.6. The Balaban J connectivity index is 2.86. The van der Waals surface area contributed by atoms with E-state index in [9.17, 15) is 4.79 Å². The number of hydrogen-bond donors (Lipinski definition) is 1. The summed E-state index contributed by atoms with van der Waals surface area (Å²) in [5.41, 5.74) is 0.988. The van der Waals surface area contributed by atoms with Crippen LogP contribution in [0.1, 0.15) is 31.2 Å². The first-order chi connectivity index (χ1) is 8.04. The minimum Gasteiger partial charge on any atom is -0.302 e. The zero-order chi connectivity index (χ0) is 12.8. The average Bonchev–Trinajstić information content (AvgIpc) is 2.29. The molecule has 0 spiro atoms. The standard InChI is InChI=1S/C13H13ClN2O/c1-9(17)13(16)8-11(6-7-15)10-2-4-12(14)5-3-10/h2-5,11,16H,6,8H2,1H3. The molecule has 0 heterocycles. The van der Waals surface area contributed by atoms with E-state index in [0.717, 1.165) is 5.56 Å². The number of nitrogens with one attached hydrogen (secondary N) is 1. The number of Topliss-reactive ketones (excluding diaryl/α,β-unsaturated/α-hetero) is 1. The van der Waals surface area contributed by atoms with Crippen LogP contribution in [0, 0.1) is 16.7 Å². The van der Waals surface area contributed by atoms with Gasteiger partial charge in [-0.1, -0.05) is 23.7 Å². The number of benzene rings is 1. The summed E-state index contributed by atoms with van der Waals surface area (Å²) >= 11 is 5.79. The molecule has 0 saturated carbocycles. The average molecular weight is 249 g/mol. The zero-order valence-corrected chi connectivity index (χ0v) is 10.3. The molecule has 0 amide bonds. The van der Waals surface area contributed by atoms with Crippen LogP contribution in [0.2, 0.25) is 5.02 Å². The van der Waals surface area contributed by atoms with Crippen LogP contribution >= 0.6 is 11.6 Å².